The summed E-state index contributed by atoms with van der Waals surface area (Å²) < 4.78 is 0. The first-order chi connectivity index (χ1) is 13.4. The number of allylic oxidation sites excluding steroid dienone is 3. The van der Waals surface area contributed by atoms with Crippen LogP contribution >= 0.6 is 0 Å². The molecule has 4 aliphatic rings. The Balaban J connectivity index is 1.48. The maximum atomic E-state index is 12.1. The first-order valence-electron chi connectivity index (χ1n) is 11.0. The first kappa shape index (κ1) is 18.1. The van der Waals surface area contributed by atoms with Gasteiger partial charge in [0.2, 0.25) is 5.91 Å². The molecule has 148 valence electrons. The fourth-order valence-corrected chi connectivity index (χ4v) is 7.28. The van der Waals surface area contributed by atoms with Gasteiger partial charge in [0, 0.05) is 25.0 Å². The molecule has 5 atom stereocenters. The second-order valence-corrected chi connectivity index (χ2v) is 10.1. The Kier molecular flexibility index (Phi) is 4.08. The Labute approximate surface area is 168 Å². The van der Waals surface area contributed by atoms with Gasteiger partial charge in [0.15, 0.2) is 0 Å². The number of nitrogens with zero attached hydrogens (tertiary/aromatic N) is 1. The van der Waals surface area contributed by atoms with Gasteiger partial charge in [-0.25, -0.2) is 0 Å². The van der Waals surface area contributed by atoms with Crippen LogP contribution < -0.4 is 5.32 Å². The first-order valence-corrected chi connectivity index (χ1v) is 11.0. The second kappa shape index (κ2) is 6.30. The van der Waals surface area contributed by atoms with Crippen molar-refractivity contribution in [2.24, 2.45) is 28.6 Å². The lowest BCUT2D eigenvalue weighted by Crippen LogP contribution is -2.49. The summed E-state index contributed by atoms with van der Waals surface area (Å²) in [5.74, 6) is 2.32. The summed E-state index contributed by atoms with van der Waals surface area (Å²) in [6.07, 6.45) is 15.6. The largest absolute Gasteiger partial charge is 0.353 e. The number of rotatable bonds is 1. The standard InChI is InChI=1S/C25H32N2O/c1-16-12-17(15-26-14-16)20-6-7-21-19-5-4-18-13-23(28)27-11-10-24(18,2)22(19)8-9-25(20,21)3/h6,12-15,19,21-22H,4-5,7-11H2,1-3H3,(H,27,28)/t19-,21-,22-,24-,25+/m0/s1. The zero-order valence-corrected chi connectivity index (χ0v) is 17.4. The van der Waals surface area contributed by atoms with Gasteiger partial charge < -0.3 is 5.32 Å². The van der Waals surface area contributed by atoms with E-state index in [9.17, 15) is 4.79 Å². The summed E-state index contributed by atoms with van der Waals surface area (Å²) in [7, 11) is 0. The predicted octanol–water partition coefficient (Wildman–Crippen LogP) is 5.07. The van der Waals surface area contributed by atoms with Crippen molar-refractivity contribution in [2.45, 2.75) is 59.3 Å². The lowest BCUT2D eigenvalue weighted by Gasteiger charge is -2.57. The highest BCUT2D eigenvalue weighted by atomic mass is 16.1. The molecule has 5 rings (SSSR count). The molecule has 0 saturated heterocycles. The van der Waals surface area contributed by atoms with Crippen molar-refractivity contribution in [1.29, 1.82) is 0 Å². The van der Waals surface area contributed by atoms with E-state index in [1.165, 1.54) is 48.0 Å². The number of carbonyl (C=O) groups excluding carboxylic acids is 1. The van der Waals surface area contributed by atoms with E-state index < -0.39 is 0 Å². The summed E-state index contributed by atoms with van der Waals surface area (Å²) >= 11 is 0. The van der Waals surface area contributed by atoms with Gasteiger partial charge in [-0.2, -0.15) is 0 Å². The molecular formula is C25H32N2O. The van der Waals surface area contributed by atoms with Gasteiger partial charge in [0.1, 0.15) is 0 Å². The highest BCUT2D eigenvalue weighted by molar-refractivity contribution is 5.88. The number of aryl methyl sites for hydroxylation is 1. The van der Waals surface area contributed by atoms with Crippen molar-refractivity contribution in [3.8, 4) is 0 Å². The summed E-state index contributed by atoms with van der Waals surface area (Å²) in [5, 5.41) is 3.08. The molecule has 28 heavy (non-hydrogen) atoms. The summed E-state index contributed by atoms with van der Waals surface area (Å²) in [6.45, 7) is 7.92. The van der Waals surface area contributed by atoms with Crippen LogP contribution in [0, 0.1) is 35.5 Å². The topological polar surface area (TPSA) is 42.0 Å². The Morgan fingerprint density at radius 3 is 2.79 bits per heavy atom. The van der Waals surface area contributed by atoms with Crippen LogP contribution in [0.25, 0.3) is 5.57 Å². The van der Waals surface area contributed by atoms with Gasteiger partial charge in [-0.1, -0.05) is 25.5 Å². The van der Waals surface area contributed by atoms with Gasteiger partial charge in [-0.3, -0.25) is 9.78 Å². The van der Waals surface area contributed by atoms with Crippen LogP contribution in [0.1, 0.15) is 63.5 Å². The van der Waals surface area contributed by atoms with E-state index in [0.717, 1.165) is 31.2 Å². The minimum atomic E-state index is 0.120. The number of carbonyl (C=O) groups is 1. The SMILES string of the molecule is Cc1cncc(C2=CC[C@H]3[C@@H]4CCC5=CC(=O)NCC[C@]5(C)[C@H]4CC[C@]23C)c1. The van der Waals surface area contributed by atoms with E-state index >= 15 is 0 Å². The molecule has 0 spiro atoms. The van der Waals surface area contributed by atoms with E-state index in [2.05, 4.69) is 49.4 Å². The number of pyridine rings is 1. The highest BCUT2D eigenvalue weighted by Crippen LogP contribution is 2.66. The van der Waals surface area contributed by atoms with E-state index in [4.69, 9.17) is 0 Å². The minimum Gasteiger partial charge on any atom is -0.353 e. The van der Waals surface area contributed by atoms with Crippen LogP contribution in [0.3, 0.4) is 0 Å². The monoisotopic (exact) mass is 376 g/mol. The van der Waals surface area contributed by atoms with E-state index in [1.807, 2.05) is 12.3 Å². The van der Waals surface area contributed by atoms with Crippen LogP contribution in [-0.4, -0.2) is 17.4 Å². The minimum absolute atomic E-state index is 0.120. The average Bonchev–Trinajstić information content (AvgIpc) is 2.93. The van der Waals surface area contributed by atoms with E-state index in [-0.39, 0.29) is 16.7 Å². The van der Waals surface area contributed by atoms with Crippen molar-refractivity contribution in [2.75, 3.05) is 6.54 Å². The molecule has 0 bridgehead atoms. The molecule has 1 aliphatic heterocycles. The number of hydrogen-bond acceptors (Lipinski definition) is 2. The number of nitrogens with one attached hydrogen (secondary N) is 1. The van der Waals surface area contributed by atoms with Crippen LogP contribution in [0.5, 0.6) is 0 Å². The fourth-order valence-electron chi connectivity index (χ4n) is 7.28. The summed E-state index contributed by atoms with van der Waals surface area (Å²) in [5.41, 5.74) is 5.99. The van der Waals surface area contributed by atoms with Crippen LogP contribution in [0.15, 0.2) is 36.2 Å². The van der Waals surface area contributed by atoms with Gasteiger partial charge >= 0.3 is 0 Å². The van der Waals surface area contributed by atoms with Crippen molar-refractivity contribution in [3.63, 3.8) is 0 Å². The number of hydrogen-bond donors (Lipinski definition) is 1. The Bertz CT molecular complexity index is 884. The fraction of sp³-hybridized carbons (Fsp3) is 0.600. The van der Waals surface area contributed by atoms with E-state index in [1.54, 1.807) is 0 Å². The third kappa shape index (κ3) is 2.54. The molecule has 3 nitrogen and oxygen atoms in total. The molecule has 0 aromatic carbocycles. The second-order valence-electron chi connectivity index (χ2n) is 10.1. The molecule has 1 N–H and O–H groups in total. The third-order valence-electron chi connectivity index (χ3n) is 8.75. The Hall–Kier alpha value is -1.90. The maximum Gasteiger partial charge on any atom is 0.243 e. The van der Waals surface area contributed by atoms with Gasteiger partial charge in [-0.05, 0) is 96.8 Å². The Morgan fingerprint density at radius 2 is 1.96 bits per heavy atom. The summed E-state index contributed by atoms with van der Waals surface area (Å²) in [4.78, 5) is 16.6. The van der Waals surface area contributed by atoms with Crippen molar-refractivity contribution < 1.29 is 4.79 Å². The maximum absolute atomic E-state index is 12.1. The molecule has 2 fully saturated rings. The quantitative estimate of drug-likeness (QED) is 0.743. The molecule has 1 aromatic rings. The van der Waals surface area contributed by atoms with Crippen LogP contribution in [-0.2, 0) is 4.79 Å². The molecular weight excluding hydrogens is 344 g/mol. The van der Waals surface area contributed by atoms with Crippen molar-refractivity contribution >= 4 is 11.5 Å². The molecule has 2 heterocycles. The van der Waals surface area contributed by atoms with Crippen LogP contribution in [0.4, 0.5) is 0 Å². The van der Waals surface area contributed by atoms with Crippen molar-refractivity contribution in [1.82, 2.24) is 10.3 Å². The lowest BCUT2D eigenvalue weighted by atomic mass is 9.47. The predicted molar refractivity (Wildman–Crippen MR) is 112 cm³/mol. The number of fused-ring (bicyclic) bond motifs is 5. The highest BCUT2D eigenvalue weighted by Gasteiger charge is 2.56. The number of amides is 1. The zero-order chi connectivity index (χ0) is 19.5. The average molecular weight is 377 g/mol. The summed E-state index contributed by atoms with van der Waals surface area (Å²) in [6, 6.07) is 2.31. The van der Waals surface area contributed by atoms with Crippen LogP contribution in [0.2, 0.25) is 0 Å². The normalized spacial score (nSPS) is 39.7. The van der Waals surface area contributed by atoms with Crippen molar-refractivity contribution in [3.05, 3.63) is 47.3 Å². The molecule has 0 unspecified atom stereocenters. The Morgan fingerprint density at radius 1 is 1.11 bits per heavy atom. The molecule has 3 aliphatic carbocycles. The van der Waals surface area contributed by atoms with E-state index in [0.29, 0.717) is 5.92 Å². The molecule has 2 saturated carbocycles. The molecule has 1 amide bonds. The number of aromatic nitrogens is 1. The molecule has 1 aromatic heterocycles. The van der Waals surface area contributed by atoms with Gasteiger partial charge in [0.05, 0.1) is 0 Å². The molecule has 0 radical (unpaired) electrons. The third-order valence-corrected chi connectivity index (χ3v) is 8.75. The molecule has 3 heteroatoms. The lowest BCUT2D eigenvalue weighted by molar-refractivity contribution is -0.116. The zero-order valence-electron chi connectivity index (χ0n) is 17.4. The van der Waals surface area contributed by atoms with Gasteiger partial charge in [0.25, 0.3) is 0 Å². The van der Waals surface area contributed by atoms with Gasteiger partial charge in [-0.15, -0.1) is 0 Å². The smallest absolute Gasteiger partial charge is 0.243 e.